The normalized spacial score (nSPS) is 24.6. The van der Waals surface area contributed by atoms with Crippen LogP contribution in [0.25, 0.3) is 0 Å². The van der Waals surface area contributed by atoms with Crippen LogP contribution in [0.5, 0.6) is 0 Å². The highest BCUT2D eigenvalue weighted by Gasteiger charge is 2.47. The molecule has 1 aromatic heterocycles. The van der Waals surface area contributed by atoms with Crippen LogP contribution in [0.3, 0.4) is 0 Å². The van der Waals surface area contributed by atoms with Crippen LogP contribution in [0.2, 0.25) is 0 Å². The summed E-state index contributed by atoms with van der Waals surface area (Å²) in [6.45, 7) is 12.8. The van der Waals surface area contributed by atoms with Crippen molar-refractivity contribution in [3.8, 4) is 6.07 Å². The van der Waals surface area contributed by atoms with E-state index in [0.717, 1.165) is 48.8 Å². The fourth-order valence-electron chi connectivity index (χ4n) is 5.94. The molecule has 2 aromatic rings. The molecule has 2 N–H and O–H groups in total. The molecule has 1 aliphatic heterocycles. The first-order valence-electron chi connectivity index (χ1n) is 13.8. The van der Waals surface area contributed by atoms with Crippen LogP contribution >= 0.6 is 11.8 Å². The smallest absolute Gasteiger partial charge is 0.227 e. The molecule has 4 unspecified atom stereocenters. The van der Waals surface area contributed by atoms with Crippen LogP contribution in [0.4, 0.5) is 17.3 Å². The maximum Gasteiger partial charge on any atom is 0.227 e. The Morgan fingerprint density at radius 2 is 1.89 bits per heavy atom. The summed E-state index contributed by atoms with van der Waals surface area (Å²) in [5.74, 6) is 1.71. The van der Waals surface area contributed by atoms with Gasteiger partial charge in [0.25, 0.3) is 0 Å². The van der Waals surface area contributed by atoms with Crippen LogP contribution in [0.15, 0.2) is 30.5 Å². The topological polar surface area (TPSA) is 76.9 Å². The number of hydrogen-bond donors (Lipinski definition) is 2. The molecule has 1 aromatic carbocycles. The third kappa shape index (κ3) is 6.33. The lowest BCUT2D eigenvalue weighted by Crippen LogP contribution is -2.28. The third-order valence-corrected chi connectivity index (χ3v) is 9.58. The van der Waals surface area contributed by atoms with Crippen LogP contribution in [-0.4, -0.2) is 46.3 Å². The highest BCUT2D eigenvalue weighted by Crippen LogP contribution is 2.57. The van der Waals surface area contributed by atoms with Crippen LogP contribution in [0.1, 0.15) is 69.4 Å². The Labute approximate surface area is 221 Å². The van der Waals surface area contributed by atoms with Crippen LogP contribution < -0.4 is 10.6 Å². The molecule has 0 spiro atoms. The number of nitriles is 1. The zero-order valence-corrected chi connectivity index (χ0v) is 23.2. The van der Waals surface area contributed by atoms with Gasteiger partial charge in [-0.2, -0.15) is 5.26 Å². The minimum atomic E-state index is 0.0907. The van der Waals surface area contributed by atoms with Crippen molar-refractivity contribution in [2.24, 2.45) is 17.8 Å². The lowest BCUT2D eigenvalue weighted by Gasteiger charge is -2.33. The molecule has 4 atom stereocenters. The molecule has 0 bridgehead atoms. The second kappa shape index (κ2) is 12.8. The van der Waals surface area contributed by atoms with E-state index in [1.54, 1.807) is 0 Å². The Morgan fingerprint density at radius 3 is 2.61 bits per heavy atom. The Hall–Kier alpha value is -2.30. The second-order valence-electron chi connectivity index (χ2n) is 10.3. The van der Waals surface area contributed by atoms with E-state index in [0.29, 0.717) is 23.0 Å². The summed E-state index contributed by atoms with van der Waals surface area (Å²) in [4.78, 5) is 12.1. The van der Waals surface area contributed by atoms with Gasteiger partial charge in [-0.1, -0.05) is 58.9 Å². The number of likely N-dealkylation sites (N-methyl/N-ethyl adjacent to an activating group) is 1. The number of rotatable bonds is 10. The molecule has 36 heavy (non-hydrogen) atoms. The number of benzene rings is 1. The van der Waals surface area contributed by atoms with Gasteiger partial charge in [-0.15, -0.1) is 11.8 Å². The summed E-state index contributed by atoms with van der Waals surface area (Å²) < 4.78 is 0. The summed E-state index contributed by atoms with van der Waals surface area (Å²) in [7, 11) is 0. The van der Waals surface area contributed by atoms with Crippen LogP contribution in [0, 0.1) is 36.0 Å². The standard InChI is InChI=1S/C29H42N6S/c1-5-35(6-2)16-15-31-23-13-10-14-24(17-23)33-29-32-19-20(3)27(34-29)28-26(22-11-8-7-9-12-22)25(18-30)21(4)36-28/h10,13-14,17,19,21-22,25-26,28,31H,5-9,11-12,15-16H2,1-4H3,(H,32,33,34). The number of thioether (sulfide) groups is 1. The molecule has 7 heteroatoms. The van der Waals surface area contributed by atoms with Crippen molar-refractivity contribution in [2.75, 3.05) is 36.8 Å². The van der Waals surface area contributed by atoms with E-state index in [-0.39, 0.29) is 11.2 Å². The maximum atomic E-state index is 10.0. The van der Waals surface area contributed by atoms with Gasteiger partial charge in [0.1, 0.15) is 0 Å². The highest BCUT2D eigenvalue weighted by molar-refractivity contribution is 8.00. The van der Waals surface area contributed by atoms with Crippen molar-refractivity contribution in [3.63, 3.8) is 0 Å². The summed E-state index contributed by atoms with van der Waals surface area (Å²) in [5.41, 5.74) is 4.29. The highest BCUT2D eigenvalue weighted by atomic mass is 32.2. The molecule has 194 valence electrons. The predicted molar refractivity (Wildman–Crippen MR) is 152 cm³/mol. The van der Waals surface area contributed by atoms with E-state index >= 15 is 0 Å². The molecule has 1 aliphatic carbocycles. The Morgan fingerprint density at radius 1 is 1.14 bits per heavy atom. The monoisotopic (exact) mass is 506 g/mol. The van der Waals surface area contributed by atoms with E-state index < -0.39 is 0 Å². The van der Waals surface area contributed by atoms with Gasteiger partial charge in [-0.25, -0.2) is 9.97 Å². The minimum Gasteiger partial charge on any atom is -0.384 e. The molecule has 1 saturated carbocycles. The van der Waals surface area contributed by atoms with E-state index in [1.807, 2.05) is 18.0 Å². The van der Waals surface area contributed by atoms with Gasteiger partial charge in [0.05, 0.1) is 22.9 Å². The largest absolute Gasteiger partial charge is 0.384 e. The summed E-state index contributed by atoms with van der Waals surface area (Å²) in [6, 6.07) is 11.0. The molecule has 2 fully saturated rings. The van der Waals surface area contributed by atoms with E-state index in [2.05, 4.69) is 78.5 Å². The molecule has 6 nitrogen and oxygen atoms in total. The molecular formula is C29H42N6S. The first-order chi connectivity index (χ1) is 17.5. The molecular weight excluding hydrogens is 464 g/mol. The lowest BCUT2D eigenvalue weighted by atomic mass is 9.71. The number of hydrogen-bond acceptors (Lipinski definition) is 7. The van der Waals surface area contributed by atoms with Crippen molar-refractivity contribution < 1.29 is 0 Å². The fourth-order valence-corrected chi connectivity index (χ4v) is 7.76. The third-order valence-electron chi connectivity index (χ3n) is 8.03. The number of anilines is 3. The van der Waals surface area contributed by atoms with Crippen molar-refractivity contribution >= 4 is 29.1 Å². The van der Waals surface area contributed by atoms with E-state index in [9.17, 15) is 5.26 Å². The average Bonchev–Trinajstić information content (AvgIpc) is 3.24. The van der Waals surface area contributed by atoms with Crippen molar-refractivity contribution in [2.45, 2.75) is 70.3 Å². The first-order valence-corrected chi connectivity index (χ1v) is 14.7. The molecule has 4 rings (SSSR count). The van der Waals surface area contributed by atoms with Gasteiger partial charge in [0, 0.05) is 35.9 Å². The predicted octanol–water partition coefficient (Wildman–Crippen LogP) is 6.80. The van der Waals surface area contributed by atoms with Crippen molar-refractivity contribution in [1.82, 2.24) is 14.9 Å². The van der Waals surface area contributed by atoms with Gasteiger partial charge in [-0.05, 0) is 55.6 Å². The molecule has 0 radical (unpaired) electrons. The number of nitrogens with one attached hydrogen (secondary N) is 2. The Kier molecular flexibility index (Phi) is 9.50. The molecule has 1 saturated heterocycles. The first kappa shape index (κ1) is 26.8. The summed E-state index contributed by atoms with van der Waals surface area (Å²) >= 11 is 1.95. The molecule has 0 amide bonds. The van der Waals surface area contributed by atoms with Gasteiger partial charge < -0.3 is 15.5 Å². The van der Waals surface area contributed by atoms with Gasteiger partial charge in [0.2, 0.25) is 5.95 Å². The maximum absolute atomic E-state index is 10.0. The van der Waals surface area contributed by atoms with E-state index in [4.69, 9.17) is 4.98 Å². The number of nitrogens with zero attached hydrogens (tertiary/aromatic N) is 4. The number of aromatic nitrogens is 2. The van der Waals surface area contributed by atoms with Gasteiger partial charge in [-0.3, -0.25) is 0 Å². The van der Waals surface area contributed by atoms with Gasteiger partial charge in [0.15, 0.2) is 0 Å². The SMILES string of the molecule is CCN(CC)CCNc1cccc(Nc2ncc(C)c(C3SC(C)C(C#N)C3C3CCCCC3)n2)c1. The minimum absolute atomic E-state index is 0.0907. The number of aryl methyl sites for hydroxylation is 1. The zero-order valence-electron chi connectivity index (χ0n) is 22.3. The zero-order chi connectivity index (χ0) is 25.5. The second-order valence-corrected chi connectivity index (χ2v) is 11.8. The quantitative estimate of drug-likeness (QED) is 0.367. The molecule has 2 aliphatic rings. The van der Waals surface area contributed by atoms with Crippen molar-refractivity contribution in [1.29, 1.82) is 5.26 Å². The van der Waals surface area contributed by atoms with Gasteiger partial charge >= 0.3 is 0 Å². The Balaban J connectivity index is 1.50. The summed E-state index contributed by atoms with van der Waals surface area (Å²) in [6.07, 6.45) is 8.35. The van der Waals surface area contributed by atoms with Crippen molar-refractivity contribution in [3.05, 3.63) is 41.7 Å². The van der Waals surface area contributed by atoms with E-state index in [1.165, 1.54) is 32.1 Å². The fraction of sp³-hybridized carbons (Fsp3) is 0.621. The molecule has 2 heterocycles. The van der Waals surface area contributed by atoms with Crippen LogP contribution in [-0.2, 0) is 0 Å². The lowest BCUT2D eigenvalue weighted by molar-refractivity contribution is 0.210. The summed E-state index contributed by atoms with van der Waals surface area (Å²) in [5, 5.41) is 17.6. The average molecular weight is 507 g/mol. The Bertz CT molecular complexity index is 1030.